The molecule has 14 heavy (non-hydrogen) atoms. The summed E-state index contributed by atoms with van der Waals surface area (Å²) in [5, 5.41) is 12.9. The molecule has 0 radical (unpaired) electrons. The SMILES string of the molecule is N#Cc1cc(S)ccc1-n1cncn1. The maximum absolute atomic E-state index is 8.90. The lowest BCUT2D eigenvalue weighted by Gasteiger charge is -2.02. The molecule has 1 heterocycles. The van der Waals surface area contributed by atoms with E-state index in [0.717, 1.165) is 4.90 Å². The Bertz CT molecular complexity index is 484. The Kier molecular flexibility index (Phi) is 2.21. The van der Waals surface area contributed by atoms with Crippen LogP contribution >= 0.6 is 12.6 Å². The van der Waals surface area contributed by atoms with Gasteiger partial charge in [-0.15, -0.1) is 12.6 Å². The summed E-state index contributed by atoms with van der Waals surface area (Å²) in [6, 6.07) is 7.38. The van der Waals surface area contributed by atoms with Crippen molar-refractivity contribution in [2.45, 2.75) is 4.90 Å². The summed E-state index contributed by atoms with van der Waals surface area (Å²) in [5.74, 6) is 0. The summed E-state index contributed by atoms with van der Waals surface area (Å²) in [6.07, 6.45) is 2.98. The van der Waals surface area contributed by atoms with Crippen LogP contribution in [0.15, 0.2) is 35.7 Å². The minimum atomic E-state index is 0.531. The Balaban J connectivity index is 2.60. The molecule has 4 nitrogen and oxygen atoms in total. The van der Waals surface area contributed by atoms with Crippen LogP contribution in [0.2, 0.25) is 0 Å². The van der Waals surface area contributed by atoms with Crippen LogP contribution in [0.3, 0.4) is 0 Å². The van der Waals surface area contributed by atoms with E-state index >= 15 is 0 Å². The van der Waals surface area contributed by atoms with E-state index in [4.69, 9.17) is 5.26 Å². The highest BCUT2D eigenvalue weighted by Crippen LogP contribution is 2.16. The zero-order chi connectivity index (χ0) is 9.97. The van der Waals surface area contributed by atoms with E-state index in [1.165, 1.54) is 6.33 Å². The lowest BCUT2D eigenvalue weighted by atomic mass is 10.2. The van der Waals surface area contributed by atoms with Crippen molar-refractivity contribution in [1.29, 1.82) is 5.26 Å². The Hall–Kier alpha value is -1.80. The average Bonchev–Trinajstić information content (AvgIpc) is 2.70. The monoisotopic (exact) mass is 202 g/mol. The van der Waals surface area contributed by atoms with Crippen LogP contribution in [0.5, 0.6) is 0 Å². The molecule has 0 saturated carbocycles. The van der Waals surface area contributed by atoms with Crippen molar-refractivity contribution in [3.63, 3.8) is 0 Å². The first kappa shape index (κ1) is 8.78. The van der Waals surface area contributed by atoms with Crippen molar-refractivity contribution >= 4 is 12.6 Å². The van der Waals surface area contributed by atoms with Gasteiger partial charge in [0.2, 0.25) is 0 Å². The van der Waals surface area contributed by atoms with Gasteiger partial charge in [0.25, 0.3) is 0 Å². The van der Waals surface area contributed by atoms with E-state index in [2.05, 4.69) is 28.8 Å². The summed E-state index contributed by atoms with van der Waals surface area (Å²) >= 11 is 4.16. The first-order valence-electron chi connectivity index (χ1n) is 3.89. The van der Waals surface area contributed by atoms with Gasteiger partial charge in [-0.2, -0.15) is 10.4 Å². The fourth-order valence-corrected chi connectivity index (χ4v) is 1.35. The number of nitriles is 1. The summed E-state index contributed by atoms with van der Waals surface area (Å²) in [5.41, 5.74) is 1.24. The number of benzene rings is 1. The molecule has 0 aliphatic carbocycles. The molecule has 0 aliphatic heterocycles. The number of hydrogen-bond donors (Lipinski definition) is 1. The van der Waals surface area contributed by atoms with Crippen LogP contribution in [0.25, 0.3) is 5.69 Å². The molecular formula is C9H6N4S. The van der Waals surface area contributed by atoms with E-state index in [-0.39, 0.29) is 0 Å². The van der Waals surface area contributed by atoms with Crippen LogP contribution in [-0.2, 0) is 0 Å². The fraction of sp³-hybridized carbons (Fsp3) is 0. The van der Waals surface area contributed by atoms with Gasteiger partial charge in [-0.3, -0.25) is 0 Å². The van der Waals surface area contributed by atoms with Gasteiger partial charge >= 0.3 is 0 Å². The Morgan fingerprint density at radius 3 is 2.93 bits per heavy atom. The van der Waals surface area contributed by atoms with Gasteiger partial charge in [0, 0.05) is 4.90 Å². The summed E-state index contributed by atoms with van der Waals surface area (Å²) < 4.78 is 1.55. The van der Waals surface area contributed by atoms with E-state index in [1.807, 2.05) is 0 Å². The van der Waals surface area contributed by atoms with Gasteiger partial charge < -0.3 is 0 Å². The molecule has 0 atom stereocenters. The third-order valence-corrected chi connectivity index (χ3v) is 2.04. The lowest BCUT2D eigenvalue weighted by Crippen LogP contribution is -1.97. The highest BCUT2D eigenvalue weighted by molar-refractivity contribution is 7.80. The topological polar surface area (TPSA) is 54.5 Å². The Morgan fingerprint density at radius 1 is 1.43 bits per heavy atom. The van der Waals surface area contributed by atoms with Gasteiger partial charge in [0.05, 0.1) is 11.3 Å². The third-order valence-electron chi connectivity index (χ3n) is 1.77. The predicted molar refractivity (Wildman–Crippen MR) is 53.3 cm³/mol. The average molecular weight is 202 g/mol. The van der Waals surface area contributed by atoms with E-state index in [0.29, 0.717) is 11.3 Å². The van der Waals surface area contributed by atoms with Crippen molar-refractivity contribution in [1.82, 2.24) is 14.8 Å². The van der Waals surface area contributed by atoms with Crippen LogP contribution < -0.4 is 0 Å². The number of thiol groups is 1. The lowest BCUT2D eigenvalue weighted by molar-refractivity contribution is 0.874. The van der Waals surface area contributed by atoms with Crippen LogP contribution in [0.1, 0.15) is 5.56 Å². The Morgan fingerprint density at radius 2 is 2.29 bits per heavy atom. The molecule has 0 bridgehead atoms. The minimum absolute atomic E-state index is 0.531. The highest BCUT2D eigenvalue weighted by atomic mass is 32.1. The maximum Gasteiger partial charge on any atom is 0.138 e. The molecule has 0 amide bonds. The molecule has 0 spiro atoms. The smallest absolute Gasteiger partial charge is 0.138 e. The number of rotatable bonds is 1. The molecular weight excluding hydrogens is 196 g/mol. The predicted octanol–water partition coefficient (Wildman–Crippen LogP) is 1.43. The number of aromatic nitrogens is 3. The first-order valence-corrected chi connectivity index (χ1v) is 4.34. The van der Waals surface area contributed by atoms with E-state index in [1.54, 1.807) is 29.2 Å². The molecule has 5 heteroatoms. The quantitative estimate of drug-likeness (QED) is 0.712. The van der Waals surface area contributed by atoms with Crippen LogP contribution in [0, 0.1) is 11.3 Å². The molecule has 0 N–H and O–H groups in total. The van der Waals surface area contributed by atoms with Gasteiger partial charge in [0.15, 0.2) is 0 Å². The molecule has 2 rings (SSSR count). The second-order valence-corrected chi connectivity index (χ2v) is 3.17. The van der Waals surface area contributed by atoms with Crippen LogP contribution in [-0.4, -0.2) is 14.8 Å². The normalized spacial score (nSPS) is 9.71. The molecule has 0 saturated heterocycles. The van der Waals surface area contributed by atoms with Gasteiger partial charge in [0.1, 0.15) is 18.7 Å². The Labute approximate surface area is 86.2 Å². The van der Waals surface area contributed by atoms with Gasteiger partial charge in [-0.25, -0.2) is 9.67 Å². The summed E-state index contributed by atoms with van der Waals surface area (Å²) in [4.78, 5) is 4.57. The van der Waals surface area contributed by atoms with Crippen molar-refractivity contribution < 1.29 is 0 Å². The van der Waals surface area contributed by atoms with Gasteiger partial charge in [-0.05, 0) is 18.2 Å². The third kappa shape index (κ3) is 1.47. The second-order valence-electron chi connectivity index (χ2n) is 2.65. The molecule has 0 unspecified atom stereocenters. The molecule has 68 valence electrons. The highest BCUT2D eigenvalue weighted by Gasteiger charge is 2.04. The van der Waals surface area contributed by atoms with Crippen molar-refractivity contribution in [2.75, 3.05) is 0 Å². The van der Waals surface area contributed by atoms with E-state index < -0.39 is 0 Å². The molecule has 2 aromatic rings. The van der Waals surface area contributed by atoms with E-state index in [9.17, 15) is 0 Å². The number of hydrogen-bond acceptors (Lipinski definition) is 4. The van der Waals surface area contributed by atoms with Crippen LogP contribution in [0.4, 0.5) is 0 Å². The second kappa shape index (κ2) is 3.52. The van der Waals surface area contributed by atoms with Gasteiger partial charge in [-0.1, -0.05) is 0 Å². The standard InChI is InChI=1S/C9H6N4S/c10-4-7-3-8(14)1-2-9(7)13-6-11-5-12-13/h1-3,5-6,14H. The van der Waals surface area contributed by atoms with Crippen molar-refractivity contribution in [3.05, 3.63) is 36.4 Å². The summed E-state index contributed by atoms with van der Waals surface area (Å²) in [6.45, 7) is 0. The number of nitrogens with zero attached hydrogens (tertiary/aromatic N) is 4. The molecule has 0 aliphatic rings. The molecule has 1 aromatic carbocycles. The maximum atomic E-state index is 8.90. The first-order chi connectivity index (χ1) is 6.81. The zero-order valence-corrected chi connectivity index (χ0v) is 8.02. The largest absolute Gasteiger partial charge is 0.223 e. The molecule has 1 aromatic heterocycles. The van der Waals surface area contributed by atoms with Crippen molar-refractivity contribution in [3.8, 4) is 11.8 Å². The fourth-order valence-electron chi connectivity index (χ4n) is 1.15. The minimum Gasteiger partial charge on any atom is -0.223 e. The van der Waals surface area contributed by atoms with Crippen molar-refractivity contribution in [2.24, 2.45) is 0 Å². The zero-order valence-electron chi connectivity index (χ0n) is 7.12. The summed E-state index contributed by atoms with van der Waals surface area (Å²) in [7, 11) is 0. The molecule has 0 fully saturated rings.